The Balaban J connectivity index is 2.11. The number of hydrogen-bond acceptors (Lipinski definition) is 5. The van der Waals surface area contributed by atoms with Gasteiger partial charge < -0.3 is 9.47 Å². The van der Waals surface area contributed by atoms with Crippen LogP contribution in [0.2, 0.25) is 0 Å². The first kappa shape index (κ1) is 20.4. The molecule has 0 fully saturated rings. The van der Waals surface area contributed by atoms with Crippen molar-refractivity contribution < 1.29 is 22.7 Å². The highest BCUT2D eigenvalue weighted by atomic mass is 32.2. The summed E-state index contributed by atoms with van der Waals surface area (Å²) in [6.45, 7) is 1.79. The van der Waals surface area contributed by atoms with Crippen LogP contribution in [-0.4, -0.2) is 28.6 Å². The van der Waals surface area contributed by atoms with Crippen LogP contribution in [0.25, 0.3) is 11.1 Å². The Hall–Kier alpha value is -3.32. The van der Waals surface area contributed by atoms with Crippen LogP contribution >= 0.6 is 0 Å². The molecule has 0 aliphatic rings. The van der Waals surface area contributed by atoms with Crippen molar-refractivity contribution in [2.75, 3.05) is 18.9 Å². The van der Waals surface area contributed by atoms with Crippen molar-refractivity contribution in [3.63, 3.8) is 0 Å². The molecule has 0 saturated carbocycles. The second-order valence-corrected chi connectivity index (χ2v) is 8.03. The van der Waals surface area contributed by atoms with Crippen molar-refractivity contribution in [3.05, 3.63) is 77.9 Å². The summed E-state index contributed by atoms with van der Waals surface area (Å²) in [6.07, 6.45) is 0. The molecule has 0 aliphatic heterocycles. The quantitative estimate of drug-likeness (QED) is 0.613. The zero-order chi connectivity index (χ0) is 21.0. The molecule has 0 atom stereocenters. The molecular weight excluding hydrogens is 390 g/mol. The predicted octanol–water partition coefficient (Wildman–Crippen LogP) is 4.26. The van der Waals surface area contributed by atoms with Gasteiger partial charge in [0.15, 0.2) is 0 Å². The maximum Gasteiger partial charge on any atom is 0.339 e. The lowest BCUT2D eigenvalue weighted by Gasteiger charge is -2.15. The van der Waals surface area contributed by atoms with Gasteiger partial charge in [0.1, 0.15) is 10.6 Å². The van der Waals surface area contributed by atoms with Crippen LogP contribution < -0.4 is 9.46 Å². The Labute approximate surface area is 170 Å². The molecule has 0 aliphatic carbocycles. The molecule has 29 heavy (non-hydrogen) atoms. The number of ether oxygens (including phenoxy) is 2. The molecule has 0 bridgehead atoms. The van der Waals surface area contributed by atoms with E-state index in [1.54, 1.807) is 37.3 Å². The highest BCUT2D eigenvalue weighted by molar-refractivity contribution is 7.92. The largest absolute Gasteiger partial charge is 0.495 e. The molecule has 3 rings (SSSR count). The van der Waals surface area contributed by atoms with Gasteiger partial charge in [0.05, 0.1) is 25.5 Å². The number of aryl methyl sites for hydroxylation is 1. The molecular formula is C22H21NO5S. The SMILES string of the molecule is COC(=O)c1ccc(-c2ccccc2)cc1NS(=O)(=O)c1cc(C)ccc1OC. The van der Waals surface area contributed by atoms with Crippen LogP contribution in [0, 0.1) is 6.92 Å². The lowest BCUT2D eigenvalue weighted by Crippen LogP contribution is -2.17. The lowest BCUT2D eigenvalue weighted by molar-refractivity contribution is 0.0602. The third-order valence-electron chi connectivity index (χ3n) is 4.38. The van der Waals surface area contributed by atoms with E-state index in [0.717, 1.165) is 16.7 Å². The summed E-state index contributed by atoms with van der Waals surface area (Å²) in [5, 5.41) is 0. The smallest absolute Gasteiger partial charge is 0.339 e. The molecule has 1 N–H and O–H groups in total. The number of carbonyl (C=O) groups excluding carboxylic acids is 1. The van der Waals surface area contributed by atoms with E-state index in [4.69, 9.17) is 9.47 Å². The standard InChI is InChI=1S/C22H21NO5S/c1-15-9-12-20(27-2)21(13-15)29(25,26)23-19-14-17(16-7-5-4-6-8-16)10-11-18(19)22(24)28-3/h4-14,23H,1-3H3. The van der Waals surface area contributed by atoms with Gasteiger partial charge in [-0.25, -0.2) is 13.2 Å². The van der Waals surface area contributed by atoms with Crippen LogP contribution in [-0.2, 0) is 14.8 Å². The maximum atomic E-state index is 13.1. The van der Waals surface area contributed by atoms with Gasteiger partial charge in [0, 0.05) is 0 Å². The van der Waals surface area contributed by atoms with E-state index in [9.17, 15) is 13.2 Å². The Morgan fingerprint density at radius 2 is 1.62 bits per heavy atom. The van der Waals surface area contributed by atoms with Gasteiger partial charge in [-0.05, 0) is 47.9 Å². The molecule has 0 aromatic heterocycles. The topological polar surface area (TPSA) is 81.7 Å². The molecule has 0 saturated heterocycles. The molecule has 0 spiro atoms. The summed E-state index contributed by atoms with van der Waals surface area (Å²) in [5.41, 5.74) is 2.64. The van der Waals surface area contributed by atoms with Crippen LogP contribution in [0.5, 0.6) is 5.75 Å². The Bertz CT molecular complexity index is 1140. The number of rotatable bonds is 6. The fourth-order valence-corrected chi connectivity index (χ4v) is 4.25. The third kappa shape index (κ3) is 4.41. The minimum atomic E-state index is -4.02. The maximum absolute atomic E-state index is 13.1. The Kier molecular flexibility index (Phi) is 5.89. The number of benzene rings is 3. The predicted molar refractivity (Wildman–Crippen MR) is 112 cm³/mol. The van der Waals surface area contributed by atoms with Gasteiger partial charge in [0.25, 0.3) is 10.0 Å². The van der Waals surface area contributed by atoms with Crippen molar-refractivity contribution in [1.82, 2.24) is 0 Å². The zero-order valence-electron chi connectivity index (χ0n) is 16.3. The van der Waals surface area contributed by atoms with E-state index in [1.165, 1.54) is 20.3 Å². The van der Waals surface area contributed by atoms with Crippen LogP contribution in [0.4, 0.5) is 5.69 Å². The van der Waals surface area contributed by atoms with Crippen molar-refractivity contribution in [2.24, 2.45) is 0 Å². The van der Waals surface area contributed by atoms with E-state index < -0.39 is 16.0 Å². The number of esters is 1. The summed E-state index contributed by atoms with van der Waals surface area (Å²) in [6, 6.07) is 19.2. The average Bonchev–Trinajstić information content (AvgIpc) is 2.73. The summed E-state index contributed by atoms with van der Waals surface area (Å²) >= 11 is 0. The van der Waals surface area contributed by atoms with Crippen LogP contribution in [0.1, 0.15) is 15.9 Å². The van der Waals surface area contributed by atoms with E-state index in [2.05, 4.69) is 4.72 Å². The zero-order valence-corrected chi connectivity index (χ0v) is 17.1. The second-order valence-electron chi connectivity index (χ2n) is 6.38. The Morgan fingerprint density at radius 3 is 2.28 bits per heavy atom. The van der Waals surface area contributed by atoms with Gasteiger partial charge >= 0.3 is 5.97 Å². The van der Waals surface area contributed by atoms with Crippen molar-refractivity contribution in [1.29, 1.82) is 0 Å². The van der Waals surface area contributed by atoms with Crippen LogP contribution in [0.15, 0.2) is 71.6 Å². The van der Waals surface area contributed by atoms with Crippen LogP contribution in [0.3, 0.4) is 0 Å². The van der Waals surface area contributed by atoms with E-state index in [0.29, 0.717) is 0 Å². The molecule has 0 heterocycles. The molecule has 7 heteroatoms. The average molecular weight is 411 g/mol. The monoisotopic (exact) mass is 411 g/mol. The summed E-state index contributed by atoms with van der Waals surface area (Å²) in [7, 11) is -1.38. The molecule has 150 valence electrons. The number of hydrogen-bond donors (Lipinski definition) is 1. The molecule has 0 unspecified atom stereocenters. The number of anilines is 1. The minimum Gasteiger partial charge on any atom is -0.495 e. The second kappa shape index (κ2) is 8.36. The Morgan fingerprint density at radius 1 is 0.897 bits per heavy atom. The first-order chi connectivity index (χ1) is 13.9. The van der Waals surface area contributed by atoms with E-state index in [1.807, 2.05) is 30.3 Å². The van der Waals surface area contributed by atoms with E-state index in [-0.39, 0.29) is 21.9 Å². The third-order valence-corrected chi connectivity index (χ3v) is 5.77. The molecule has 0 radical (unpaired) electrons. The lowest BCUT2D eigenvalue weighted by atomic mass is 10.0. The fraction of sp³-hybridized carbons (Fsp3) is 0.136. The first-order valence-electron chi connectivity index (χ1n) is 8.81. The van der Waals surface area contributed by atoms with Crippen molar-refractivity contribution in [3.8, 4) is 16.9 Å². The summed E-state index contributed by atoms with van der Waals surface area (Å²) in [4.78, 5) is 12.2. The summed E-state index contributed by atoms with van der Waals surface area (Å²) in [5.74, 6) is -0.430. The van der Waals surface area contributed by atoms with Gasteiger partial charge in [-0.3, -0.25) is 4.72 Å². The van der Waals surface area contributed by atoms with Gasteiger partial charge in [-0.1, -0.05) is 42.5 Å². The minimum absolute atomic E-state index is 0.0130. The highest BCUT2D eigenvalue weighted by Gasteiger charge is 2.23. The molecule has 3 aromatic carbocycles. The van der Waals surface area contributed by atoms with E-state index >= 15 is 0 Å². The fourth-order valence-electron chi connectivity index (χ4n) is 2.92. The van der Waals surface area contributed by atoms with Gasteiger partial charge in [-0.2, -0.15) is 0 Å². The van der Waals surface area contributed by atoms with Crippen molar-refractivity contribution in [2.45, 2.75) is 11.8 Å². The molecule has 6 nitrogen and oxygen atoms in total. The molecule has 0 amide bonds. The number of methoxy groups -OCH3 is 2. The highest BCUT2D eigenvalue weighted by Crippen LogP contribution is 2.31. The number of nitrogens with one attached hydrogen (secondary N) is 1. The number of carbonyl (C=O) groups is 1. The first-order valence-corrected chi connectivity index (χ1v) is 10.3. The van der Waals surface area contributed by atoms with Gasteiger partial charge in [-0.15, -0.1) is 0 Å². The normalized spacial score (nSPS) is 11.0. The number of sulfonamides is 1. The summed E-state index contributed by atoms with van der Waals surface area (Å²) < 4.78 is 38.7. The molecule has 3 aromatic rings. The van der Waals surface area contributed by atoms with Crippen molar-refractivity contribution >= 4 is 21.7 Å². The van der Waals surface area contributed by atoms with Gasteiger partial charge in [0.2, 0.25) is 0 Å².